The first-order valence-electron chi connectivity index (χ1n) is 5.96. The van der Waals surface area contributed by atoms with Crippen molar-refractivity contribution in [2.75, 3.05) is 6.54 Å². The molecule has 0 saturated carbocycles. The van der Waals surface area contributed by atoms with Crippen LogP contribution in [0, 0.1) is 13.8 Å². The van der Waals surface area contributed by atoms with Crippen molar-refractivity contribution in [2.24, 2.45) is 0 Å². The van der Waals surface area contributed by atoms with Crippen LogP contribution in [0.15, 0.2) is 27.5 Å². The summed E-state index contributed by atoms with van der Waals surface area (Å²) in [6.45, 7) is 4.35. The third kappa shape index (κ3) is 3.31. The number of rotatable bonds is 4. The number of nitrogens with zero attached hydrogens (tertiary/aromatic N) is 1. The highest BCUT2D eigenvalue weighted by molar-refractivity contribution is 5.94. The summed E-state index contributed by atoms with van der Waals surface area (Å²) in [5.41, 5.74) is 2.85. The number of benzene rings is 1. The summed E-state index contributed by atoms with van der Waals surface area (Å²) in [4.78, 5) is 25.0. The molecule has 2 aromatic rings. The minimum Gasteiger partial charge on any atom is -0.352 e. The Morgan fingerprint density at radius 2 is 2.16 bits per heavy atom. The Kier molecular flexibility index (Phi) is 3.79. The quantitative estimate of drug-likeness (QED) is 0.857. The van der Waals surface area contributed by atoms with E-state index in [4.69, 9.17) is 0 Å². The maximum absolute atomic E-state index is 11.9. The third-order valence-corrected chi connectivity index (χ3v) is 2.90. The van der Waals surface area contributed by atoms with E-state index in [-0.39, 0.29) is 5.91 Å². The van der Waals surface area contributed by atoms with Crippen molar-refractivity contribution < 1.29 is 9.32 Å². The van der Waals surface area contributed by atoms with Gasteiger partial charge in [0.05, 0.1) is 0 Å². The Morgan fingerprint density at radius 1 is 1.37 bits per heavy atom. The molecule has 0 fully saturated rings. The van der Waals surface area contributed by atoms with Crippen LogP contribution in [0.1, 0.15) is 27.3 Å². The summed E-state index contributed by atoms with van der Waals surface area (Å²) < 4.78 is 4.36. The first-order valence-corrected chi connectivity index (χ1v) is 5.96. The lowest BCUT2D eigenvalue weighted by Crippen LogP contribution is -2.26. The molecule has 1 amide bonds. The lowest BCUT2D eigenvalue weighted by atomic mass is 10.1. The van der Waals surface area contributed by atoms with Crippen molar-refractivity contribution in [2.45, 2.75) is 20.3 Å². The molecular weight excluding hydrogens is 246 g/mol. The van der Waals surface area contributed by atoms with E-state index in [0.29, 0.717) is 24.4 Å². The normalized spacial score (nSPS) is 10.4. The number of nitrogens with one attached hydrogen (secondary N) is 2. The Balaban J connectivity index is 1.90. The summed E-state index contributed by atoms with van der Waals surface area (Å²) in [6, 6.07) is 5.55. The summed E-state index contributed by atoms with van der Waals surface area (Å²) in [6.07, 6.45) is 0.419. The maximum Gasteiger partial charge on any atom is 0.438 e. The van der Waals surface area contributed by atoms with Crippen LogP contribution in [-0.4, -0.2) is 22.6 Å². The number of H-pyrrole nitrogens is 1. The fourth-order valence-corrected chi connectivity index (χ4v) is 1.65. The molecule has 0 bridgehead atoms. The molecule has 0 radical (unpaired) electrons. The van der Waals surface area contributed by atoms with Crippen molar-refractivity contribution in [1.82, 2.24) is 15.5 Å². The number of hydrogen-bond acceptors (Lipinski definition) is 4. The topological polar surface area (TPSA) is 88.0 Å². The van der Waals surface area contributed by atoms with Gasteiger partial charge < -0.3 is 5.32 Å². The van der Waals surface area contributed by atoms with Gasteiger partial charge in [-0.05, 0) is 37.1 Å². The third-order valence-electron chi connectivity index (χ3n) is 2.90. The SMILES string of the molecule is Cc1ccc(C(=O)NCCc2noc(=O)[nH]2)cc1C. The Labute approximate surface area is 109 Å². The molecule has 1 aromatic carbocycles. The van der Waals surface area contributed by atoms with Crippen molar-refractivity contribution in [3.05, 3.63) is 51.3 Å². The van der Waals surface area contributed by atoms with Crippen molar-refractivity contribution in [3.63, 3.8) is 0 Å². The molecule has 2 N–H and O–H groups in total. The number of aromatic amines is 1. The molecule has 0 unspecified atom stereocenters. The smallest absolute Gasteiger partial charge is 0.352 e. The van der Waals surface area contributed by atoms with Gasteiger partial charge in [-0.2, -0.15) is 0 Å². The first-order chi connectivity index (χ1) is 9.06. The predicted molar refractivity (Wildman–Crippen MR) is 69.1 cm³/mol. The lowest BCUT2D eigenvalue weighted by Gasteiger charge is -2.06. The lowest BCUT2D eigenvalue weighted by molar-refractivity contribution is 0.0954. The van der Waals surface area contributed by atoms with Gasteiger partial charge in [0.15, 0.2) is 5.82 Å². The van der Waals surface area contributed by atoms with Gasteiger partial charge in [0.1, 0.15) is 0 Å². The van der Waals surface area contributed by atoms with E-state index in [1.807, 2.05) is 26.0 Å². The van der Waals surface area contributed by atoms with E-state index in [1.165, 1.54) is 0 Å². The Bertz CT molecular complexity index is 643. The zero-order chi connectivity index (χ0) is 13.8. The molecule has 19 heavy (non-hydrogen) atoms. The minimum atomic E-state index is -0.588. The van der Waals surface area contributed by atoms with Crippen LogP contribution in [0.2, 0.25) is 0 Å². The largest absolute Gasteiger partial charge is 0.438 e. The van der Waals surface area contributed by atoms with Crippen molar-refractivity contribution >= 4 is 5.91 Å². The molecule has 6 heteroatoms. The number of carbonyl (C=O) groups excluding carboxylic acids is 1. The van der Waals surface area contributed by atoms with Crippen LogP contribution in [0.3, 0.4) is 0 Å². The molecule has 0 aliphatic heterocycles. The fraction of sp³-hybridized carbons (Fsp3) is 0.308. The van der Waals surface area contributed by atoms with Gasteiger partial charge >= 0.3 is 5.76 Å². The highest BCUT2D eigenvalue weighted by Crippen LogP contribution is 2.09. The number of carbonyl (C=O) groups is 1. The van der Waals surface area contributed by atoms with Crippen LogP contribution >= 0.6 is 0 Å². The molecule has 0 spiro atoms. The Hall–Kier alpha value is -2.37. The number of aryl methyl sites for hydroxylation is 2. The predicted octanol–water partition coefficient (Wildman–Crippen LogP) is 0.952. The van der Waals surface area contributed by atoms with Gasteiger partial charge in [0.2, 0.25) is 0 Å². The second kappa shape index (κ2) is 5.51. The number of amides is 1. The van der Waals surface area contributed by atoms with E-state index in [9.17, 15) is 9.59 Å². The monoisotopic (exact) mass is 261 g/mol. The van der Waals surface area contributed by atoms with Crippen LogP contribution in [0.25, 0.3) is 0 Å². The Morgan fingerprint density at radius 3 is 2.79 bits per heavy atom. The molecule has 1 aromatic heterocycles. The fourth-order valence-electron chi connectivity index (χ4n) is 1.65. The van der Waals surface area contributed by atoms with Gasteiger partial charge in [-0.15, -0.1) is 0 Å². The summed E-state index contributed by atoms with van der Waals surface area (Å²) >= 11 is 0. The van der Waals surface area contributed by atoms with Crippen LogP contribution in [0.5, 0.6) is 0 Å². The van der Waals surface area contributed by atoms with Gasteiger partial charge in [-0.3, -0.25) is 14.3 Å². The first kappa shape index (κ1) is 13.1. The molecule has 0 aliphatic rings. The van der Waals surface area contributed by atoms with E-state index in [0.717, 1.165) is 11.1 Å². The van der Waals surface area contributed by atoms with Gasteiger partial charge in [0.25, 0.3) is 5.91 Å². The van der Waals surface area contributed by atoms with E-state index in [1.54, 1.807) is 6.07 Å². The molecular formula is C13H15N3O3. The molecule has 6 nitrogen and oxygen atoms in total. The second-order valence-corrected chi connectivity index (χ2v) is 4.35. The second-order valence-electron chi connectivity index (χ2n) is 4.35. The molecule has 0 atom stereocenters. The highest BCUT2D eigenvalue weighted by Gasteiger charge is 2.07. The van der Waals surface area contributed by atoms with Gasteiger partial charge in [-0.25, -0.2) is 4.79 Å². The number of aromatic nitrogens is 2. The summed E-state index contributed by atoms with van der Waals surface area (Å²) in [5, 5.41) is 6.28. The van der Waals surface area contributed by atoms with E-state index < -0.39 is 5.76 Å². The average molecular weight is 261 g/mol. The van der Waals surface area contributed by atoms with Crippen molar-refractivity contribution in [3.8, 4) is 0 Å². The van der Waals surface area contributed by atoms with Crippen LogP contribution in [-0.2, 0) is 6.42 Å². The summed E-state index contributed by atoms with van der Waals surface area (Å²) in [5.74, 6) is -0.310. The van der Waals surface area contributed by atoms with Crippen LogP contribution < -0.4 is 11.1 Å². The van der Waals surface area contributed by atoms with Gasteiger partial charge in [-0.1, -0.05) is 11.2 Å². The highest BCUT2D eigenvalue weighted by atomic mass is 16.5. The summed E-state index contributed by atoms with van der Waals surface area (Å²) in [7, 11) is 0. The maximum atomic E-state index is 11.9. The zero-order valence-electron chi connectivity index (χ0n) is 10.8. The van der Waals surface area contributed by atoms with Gasteiger partial charge in [0, 0.05) is 18.5 Å². The standard InChI is InChI=1S/C13H15N3O3/c1-8-3-4-10(7-9(8)2)12(17)14-6-5-11-15-13(18)19-16-11/h3-4,7H,5-6H2,1-2H3,(H,14,17)(H,15,16,18). The molecule has 0 saturated heterocycles. The van der Waals surface area contributed by atoms with E-state index >= 15 is 0 Å². The van der Waals surface area contributed by atoms with Crippen LogP contribution in [0.4, 0.5) is 0 Å². The minimum absolute atomic E-state index is 0.144. The number of hydrogen-bond donors (Lipinski definition) is 2. The molecule has 100 valence electrons. The average Bonchev–Trinajstić information content (AvgIpc) is 2.78. The molecule has 2 rings (SSSR count). The zero-order valence-corrected chi connectivity index (χ0v) is 10.8. The van der Waals surface area contributed by atoms with Crippen molar-refractivity contribution in [1.29, 1.82) is 0 Å². The van der Waals surface area contributed by atoms with E-state index in [2.05, 4.69) is 20.0 Å². The molecule has 1 heterocycles. The molecule has 0 aliphatic carbocycles.